The number of aliphatic hydroxyl groups excluding tert-OH is 2. The molecule has 384 valence electrons. The van der Waals surface area contributed by atoms with Gasteiger partial charge in [0.15, 0.2) is 5.78 Å². The first-order chi connectivity index (χ1) is 32.3. The number of ether oxygens (including phenoxy) is 5. The Hall–Kier alpha value is -3.37. The molecule has 14 heteroatoms. The number of allylic oxidation sites excluding steroid dienone is 6. The molecule has 0 aromatic carbocycles. The number of rotatable bonds is 9. The van der Waals surface area contributed by atoms with Crippen molar-refractivity contribution in [1.29, 1.82) is 0 Å². The molecular formula is C54H85NO13. The van der Waals surface area contributed by atoms with Crippen molar-refractivity contribution in [3.8, 4) is 0 Å². The van der Waals surface area contributed by atoms with Crippen LogP contribution in [-0.4, -0.2) is 132 Å². The number of amides is 1. The number of aliphatic hydroxyl groups is 3. The van der Waals surface area contributed by atoms with Gasteiger partial charge in [0.05, 0.1) is 31.5 Å². The van der Waals surface area contributed by atoms with E-state index < -0.39 is 77.8 Å². The number of ketones is 3. The Labute approximate surface area is 406 Å². The SMILES string of the molecule is CC[C@@H]1C[C@H](C[C@H](C)[C@@H]2CC(=O)[C@H](C)/C=C(\C)[C@@H](O)C(OC)C(=O)[C@H](C)C[C@H](C)/C=C/C=C/C=C(\C)C(OC)CC3CC[C@@H](C)[C@@](O)(O3)C(=O)C(=O)N3CCCC[C@H]3C(=O)O2)CC[C@H]1OCCO. The van der Waals surface area contributed by atoms with Gasteiger partial charge in [0.2, 0.25) is 5.79 Å². The van der Waals surface area contributed by atoms with Gasteiger partial charge >= 0.3 is 5.97 Å². The van der Waals surface area contributed by atoms with Crippen molar-refractivity contribution in [3.63, 3.8) is 0 Å². The second-order valence-electron chi connectivity index (χ2n) is 20.6. The molecule has 14 nitrogen and oxygen atoms in total. The van der Waals surface area contributed by atoms with Crippen molar-refractivity contribution < 1.29 is 63.0 Å². The fraction of sp³-hybridized carbons (Fsp3) is 0.759. The average molecular weight is 956 g/mol. The van der Waals surface area contributed by atoms with Crippen molar-refractivity contribution in [2.45, 2.75) is 187 Å². The first-order valence-corrected chi connectivity index (χ1v) is 25.5. The van der Waals surface area contributed by atoms with Gasteiger partial charge in [-0.2, -0.15) is 0 Å². The van der Waals surface area contributed by atoms with Gasteiger partial charge in [-0.1, -0.05) is 84.4 Å². The van der Waals surface area contributed by atoms with E-state index in [9.17, 15) is 39.3 Å². The number of Topliss-reactive ketones (excluding diaryl/α,β-unsaturated/α-hetero) is 3. The van der Waals surface area contributed by atoms with Gasteiger partial charge in [0, 0.05) is 51.4 Å². The summed E-state index contributed by atoms with van der Waals surface area (Å²) in [5, 5.41) is 32.9. The van der Waals surface area contributed by atoms with Crippen molar-refractivity contribution in [1.82, 2.24) is 4.90 Å². The highest BCUT2D eigenvalue weighted by Crippen LogP contribution is 2.39. The number of methoxy groups -OCH3 is 2. The quantitative estimate of drug-likeness (QED) is 0.119. The second-order valence-corrected chi connectivity index (χ2v) is 20.6. The number of hydrogen-bond donors (Lipinski definition) is 3. The summed E-state index contributed by atoms with van der Waals surface area (Å²) in [5.41, 5.74) is 1.28. The molecule has 0 spiro atoms. The van der Waals surface area contributed by atoms with Crippen LogP contribution >= 0.6 is 0 Å². The van der Waals surface area contributed by atoms with E-state index in [1.807, 2.05) is 58.1 Å². The molecule has 3 aliphatic heterocycles. The largest absolute Gasteiger partial charge is 0.460 e. The summed E-state index contributed by atoms with van der Waals surface area (Å²) in [6, 6.07) is -1.12. The zero-order chi connectivity index (χ0) is 50.3. The lowest BCUT2D eigenvalue weighted by Gasteiger charge is -2.42. The van der Waals surface area contributed by atoms with Gasteiger partial charge < -0.3 is 43.9 Å². The maximum atomic E-state index is 14.5. The molecule has 68 heavy (non-hydrogen) atoms. The molecule has 4 rings (SSSR count). The van der Waals surface area contributed by atoms with Crippen LogP contribution in [0.2, 0.25) is 0 Å². The molecule has 0 aromatic rings. The summed E-state index contributed by atoms with van der Waals surface area (Å²) in [4.78, 5) is 72.2. The van der Waals surface area contributed by atoms with Crippen LogP contribution in [0.4, 0.5) is 0 Å². The van der Waals surface area contributed by atoms with Gasteiger partial charge in [-0.15, -0.1) is 0 Å². The van der Waals surface area contributed by atoms with Crippen molar-refractivity contribution in [2.75, 3.05) is 34.0 Å². The molecular weight excluding hydrogens is 871 g/mol. The van der Waals surface area contributed by atoms with E-state index in [1.165, 1.54) is 12.0 Å². The molecule has 3 heterocycles. The molecule has 0 radical (unpaired) electrons. The minimum absolute atomic E-state index is 0.0220. The number of carbonyl (C=O) groups is 5. The van der Waals surface area contributed by atoms with Crippen LogP contribution in [0.15, 0.2) is 47.6 Å². The number of cyclic esters (lactones) is 1. The molecule has 3 unspecified atom stereocenters. The molecule has 15 atom stereocenters. The Morgan fingerprint density at radius 3 is 2.31 bits per heavy atom. The number of esters is 1. The summed E-state index contributed by atoms with van der Waals surface area (Å²) in [5.74, 6) is -7.36. The molecule has 3 fully saturated rings. The smallest absolute Gasteiger partial charge is 0.329 e. The number of carbonyl (C=O) groups excluding carboxylic acids is 5. The van der Waals surface area contributed by atoms with Crippen molar-refractivity contribution in [2.24, 2.45) is 41.4 Å². The topological polar surface area (TPSA) is 195 Å². The van der Waals surface area contributed by atoms with Crippen LogP contribution in [0.3, 0.4) is 0 Å². The third kappa shape index (κ3) is 15.3. The molecule has 2 bridgehead atoms. The summed E-state index contributed by atoms with van der Waals surface area (Å²) < 4.78 is 29.9. The van der Waals surface area contributed by atoms with E-state index >= 15 is 0 Å². The van der Waals surface area contributed by atoms with Crippen molar-refractivity contribution in [3.05, 3.63) is 47.6 Å². The fourth-order valence-corrected chi connectivity index (χ4v) is 10.9. The second kappa shape index (κ2) is 27.3. The molecule has 1 amide bonds. The van der Waals surface area contributed by atoms with Gasteiger partial charge in [0.1, 0.15) is 30.1 Å². The van der Waals surface area contributed by atoms with Crippen LogP contribution in [0.1, 0.15) is 139 Å². The standard InChI is InChI=1S/C54H85NO13/c1-11-41-30-40(21-23-45(41)66-26-25-56)29-36(5)47-32-44(57)35(4)28-38(7)49(59)50(65-10)48(58)37(6)27-33(2)17-13-12-14-18-34(3)46(64-9)31-42-22-20-39(8)54(63,68-42)51(60)52(61)55-24-16-15-19-43(55)53(62)67-47/h12-14,17-18,28,33,35-37,39-43,45-47,49-50,56,59,63H,11,15-16,19-27,29-32H2,1-10H3/b14-12+,17-13+,34-18+,38-28+/t33-,35-,36+,37-,39-,40+,41-,42?,43+,45-,46?,47+,49-,50?,54-/m1/s1. The van der Waals surface area contributed by atoms with Gasteiger partial charge in [-0.05, 0) is 113 Å². The maximum Gasteiger partial charge on any atom is 0.329 e. The Morgan fingerprint density at radius 2 is 1.63 bits per heavy atom. The Kier molecular flexibility index (Phi) is 23.0. The monoisotopic (exact) mass is 956 g/mol. The molecule has 0 aromatic heterocycles. The Bertz CT molecular complexity index is 1810. The number of nitrogens with zero attached hydrogens (tertiary/aromatic N) is 1. The summed E-state index contributed by atoms with van der Waals surface area (Å²) in [6.45, 7) is 15.2. The molecule has 1 saturated carbocycles. The van der Waals surface area contributed by atoms with Crippen LogP contribution in [-0.2, 0) is 47.7 Å². The van der Waals surface area contributed by atoms with Crippen molar-refractivity contribution >= 4 is 29.2 Å². The summed E-state index contributed by atoms with van der Waals surface area (Å²) in [7, 11) is 2.97. The number of hydrogen-bond acceptors (Lipinski definition) is 13. The summed E-state index contributed by atoms with van der Waals surface area (Å²) >= 11 is 0. The van der Waals surface area contributed by atoms with Gasteiger partial charge in [-0.3, -0.25) is 19.2 Å². The maximum absolute atomic E-state index is 14.5. The minimum Gasteiger partial charge on any atom is -0.460 e. The normalized spacial score (nSPS) is 39.2. The molecule has 1 aliphatic carbocycles. The zero-order valence-electron chi connectivity index (χ0n) is 42.7. The van der Waals surface area contributed by atoms with E-state index in [0.29, 0.717) is 50.5 Å². The zero-order valence-corrected chi connectivity index (χ0v) is 42.7. The van der Waals surface area contributed by atoms with E-state index in [1.54, 1.807) is 34.0 Å². The Balaban J connectivity index is 1.70. The third-order valence-electron chi connectivity index (χ3n) is 15.3. The Morgan fingerprint density at radius 1 is 0.897 bits per heavy atom. The van der Waals surface area contributed by atoms with E-state index in [-0.39, 0.29) is 73.9 Å². The number of piperidine rings is 1. The predicted molar refractivity (Wildman–Crippen MR) is 259 cm³/mol. The van der Waals surface area contributed by atoms with E-state index in [0.717, 1.165) is 31.3 Å². The van der Waals surface area contributed by atoms with Crippen LogP contribution in [0, 0.1) is 41.4 Å². The number of fused-ring (bicyclic) bond motifs is 3. The van der Waals surface area contributed by atoms with E-state index in [4.69, 9.17) is 23.7 Å². The lowest BCUT2D eigenvalue weighted by molar-refractivity contribution is -0.265. The highest BCUT2D eigenvalue weighted by molar-refractivity contribution is 6.39. The van der Waals surface area contributed by atoms with Crippen LogP contribution in [0.5, 0.6) is 0 Å². The minimum atomic E-state index is -2.42. The van der Waals surface area contributed by atoms with Gasteiger partial charge in [0.25, 0.3) is 11.7 Å². The summed E-state index contributed by atoms with van der Waals surface area (Å²) in [6.07, 6.45) is 14.1. The third-order valence-corrected chi connectivity index (χ3v) is 15.3. The lowest BCUT2D eigenvalue weighted by atomic mass is 9.74. The van der Waals surface area contributed by atoms with Crippen LogP contribution < -0.4 is 0 Å². The first kappa shape index (κ1) is 57.2. The molecule has 3 N–H and O–H groups in total. The van der Waals surface area contributed by atoms with E-state index in [2.05, 4.69) is 6.92 Å². The first-order valence-electron chi connectivity index (χ1n) is 25.5. The van der Waals surface area contributed by atoms with Crippen LogP contribution in [0.25, 0.3) is 0 Å². The molecule has 4 aliphatic rings. The highest BCUT2D eigenvalue weighted by atomic mass is 16.6. The fourth-order valence-electron chi connectivity index (χ4n) is 10.9. The molecule has 2 saturated heterocycles. The lowest BCUT2D eigenvalue weighted by Crippen LogP contribution is -2.61. The predicted octanol–water partition coefficient (Wildman–Crippen LogP) is 7.21. The van der Waals surface area contributed by atoms with Gasteiger partial charge in [-0.25, -0.2) is 4.79 Å². The highest BCUT2D eigenvalue weighted by Gasteiger charge is 2.53. The average Bonchev–Trinajstić information content (AvgIpc) is 3.32.